The van der Waals surface area contributed by atoms with Crippen LogP contribution in [0.5, 0.6) is 5.75 Å². The fraction of sp³-hybridized carbons (Fsp3) is 0.611. The smallest absolute Gasteiger partial charge is 0.315 e. The van der Waals surface area contributed by atoms with E-state index in [-0.39, 0.29) is 29.4 Å². The molecule has 3 aliphatic rings. The maximum Gasteiger partial charge on any atom is 0.315 e. The fourth-order valence-electron chi connectivity index (χ4n) is 4.07. The van der Waals surface area contributed by atoms with Crippen molar-refractivity contribution in [2.45, 2.75) is 49.7 Å². The van der Waals surface area contributed by atoms with Crippen molar-refractivity contribution in [3.8, 4) is 5.75 Å². The van der Waals surface area contributed by atoms with Crippen LogP contribution in [0.4, 0.5) is 9.18 Å². The summed E-state index contributed by atoms with van der Waals surface area (Å²) in [6.45, 7) is 2.30. The van der Waals surface area contributed by atoms with Crippen LogP contribution in [0.25, 0.3) is 0 Å². The third kappa shape index (κ3) is 2.83. The van der Waals surface area contributed by atoms with Gasteiger partial charge in [0.25, 0.3) is 0 Å². The first-order valence-corrected chi connectivity index (χ1v) is 8.89. The molecule has 130 valence electrons. The molecule has 1 unspecified atom stereocenters. The van der Waals surface area contributed by atoms with Gasteiger partial charge in [-0.05, 0) is 51.3 Å². The normalized spacial score (nSPS) is 26.4. The Kier molecular flexibility index (Phi) is 4.08. The number of benzene rings is 1. The zero-order valence-corrected chi connectivity index (χ0v) is 13.7. The van der Waals surface area contributed by atoms with E-state index in [0.717, 1.165) is 44.3 Å². The van der Waals surface area contributed by atoms with E-state index < -0.39 is 0 Å². The van der Waals surface area contributed by atoms with E-state index in [1.54, 1.807) is 0 Å². The molecule has 0 bridgehead atoms. The van der Waals surface area contributed by atoms with Gasteiger partial charge in [-0.25, -0.2) is 9.18 Å². The van der Waals surface area contributed by atoms with Gasteiger partial charge in [-0.3, -0.25) is 0 Å². The number of hydrogen-bond donors (Lipinski definition) is 3. The Labute approximate surface area is 141 Å². The average Bonchev–Trinajstić information content (AvgIpc) is 2.53. The highest BCUT2D eigenvalue weighted by Gasteiger charge is 2.45. The molecule has 1 spiro atoms. The maximum absolute atomic E-state index is 13.8. The van der Waals surface area contributed by atoms with Crippen LogP contribution in [-0.4, -0.2) is 37.3 Å². The number of ether oxygens (including phenoxy) is 1. The third-order valence-corrected chi connectivity index (χ3v) is 5.69. The zero-order valence-electron chi connectivity index (χ0n) is 13.7. The minimum Gasteiger partial charge on any atom is -0.490 e. The van der Waals surface area contributed by atoms with Crippen molar-refractivity contribution in [2.75, 3.05) is 19.6 Å². The summed E-state index contributed by atoms with van der Waals surface area (Å²) in [7, 11) is 0. The summed E-state index contributed by atoms with van der Waals surface area (Å²) in [6.07, 6.45) is 5.17. The van der Waals surface area contributed by atoms with Crippen molar-refractivity contribution < 1.29 is 13.9 Å². The lowest BCUT2D eigenvalue weighted by molar-refractivity contribution is 0.113. The lowest BCUT2D eigenvalue weighted by atomic mass is 9.72. The van der Waals surface area contributed by atoms with E-state index in [0.29, 0.717) is 12.3 Å². The minimum atomic E-state index is -0.289. The average molecular weight is 333 g/mol. The van der Waals surface area contributed by atoms with Crippen LogP contribution in [0.15, 0.2) is 18.2 Å². The van der Waals surface area contributed by atoms with Crippen molar-refractivity contribution in [1.29, 1.82) is 0 Å². The molecule has 0 radical (unpaired) electrons. The summed E-state index contributed by atoms with van der Waals surface area (Å²) in [5.74, 6) is 0.439. The first-order valence-electron chi connectivity index (χ1n) is 8.89. The first kappa shape index (κ1) is 15.7. The van der Waals surface area contributed by atoms with Gasteiger partial charge in [0.15, 0.2) is 0 Å². The molecule has 0 aromatic heterocycles. The van der Waals surface area contributed by atoms with Crippen LogP contribution < -0.4 is 20.7 Å². The van der Waals surface area contributed by atoms with Crippen LogP contribution >= 0.6 is 0 Å². The fourth-order valence-corrected chi connectivity index (χ4v) is 4.07. The summed E-state index contributed by atoms with van der Waals surface area (Å²) < 4.78 is 19.9. The van der Waals surface area contributed by atoms with E-state index >= 15 is 0 Å². The predicted octanol–water partition coefficient (Wildman–Crippen LogP) is 2.28. The number of rotatable bonds is 3. The van der Waals surface area contributed by atoms with Crippen LogP contribution in [0.1, 0.15) is 43.6 Å². The molecular weight excluding hydrogens is 309 g/mol. The Hall–Kier alpha value is -1.82. The molecule has 2 aliphatic heterocycles. The summed E-state index contributed by atoms with van der Waals surface area (Å²) in [5.41, 5.74) is 0.709. The van der Waals surface area contributed by atoms with E-state index in [9.17, 15) is 9.18 Å². The molecule has 2 heterocycles. The monoisotopic (exact) mass is 333 g/mol. The Morgan fingerprint density at radius 2 is 2.00 bits per heavy atom. The van der Waals surface area contributed by atoms with Gasteiger partial charge >= 0.3 is 6.03 Å². The zero-order chi connectivity index (χ0) is 16.6. The van der Waals surface area contributed by atoms with Crippen molar-refractivity contribution in [2.24, 2.45) is 0 Å². The second-order valence-electron chi connectivity index (χ2n) is 7.15. The van der Waals surface area contributed by atoms with Gasteiger partial charge in [0.05, 0.1) is 11.6 Å². The molecule has 1 aromatic carbocycles. The highest BCUT2D eigenvalue weighted by atomic mass is 19.1. The molecule has 3 N–H and O–H groups in total. The molecule has 1 atom stereocenters. The maximum atomic E-state index is 13.8. The van der Waals surface area contributed by atoms with Gasteiger partial charge in [-0.1, -0.05) is 6.07 Å². The second-order valence-corrected chi connectivity index (χ2v) is 7.15. The van der Waals surface area contributed by atoms with Crippen LogP contribution in [0, 0.1) is 5.82 Å². The van der Waals surface area contributed by atoms with Gasteiger partial charge in [-0.2, -0.15) is 0 Å². The van der Waals surface area contributed by atoms with Crippen molar-refractivity contribution in [3.63, 3.8) is 0 Å². The molecule has 3 fully saturated rings. The second kappa shape index (κ2) is 6.24. The lowest BCUT2D eigenvalue weighted by Crippen LogP contribution is -2.65. The van der Waals surface area contributed by atoms with Crippen molar-refractivity contribution in [1.82, 2.24) is 16.0 Å². The molecule has 1 aliphatic carbocycles. The van der Waals surface area contributed by atoms with Gasteiger partial charge in [0, 0.05) is 24.1 Å². The number of piperidine rings is 1. The number of nitrogens with one attached hydrogen (secondary N) is 3. The highest BCUT2D eigenvalue weighted by molar-refractivity contribution is 5.76. The van der Waals surface area contributed by atoms with Crippen molar-refractivity contribution >= 4 is 6.03 Å². The number of halogens is 1. The van der Waals surface area contributed by atoms with E-state index in [1.807, 2.05) is 6.07 Å². The molecule has 5 nitrogen and oxygen atoms in total. The summed E-state index contributed by atoms with van der Waals surface area (Å²) in [6, 6.07) is 4.71. The Morgan fingerprint density at radius 1 is 1.21 bits per heavy atom. The number of urea groups is 1. The SMILES string of the molecule is O=C1NCC(c2ccc(F)cc2OC2CCC2)C2(CCNCC2)N1. The minimum absolute atomic E-state index is 0.0768. The summed E-state index contributed by atoms with van der Waals surface area (Å²) in [5, 5.41) is 9.42. The molecule has 4 rings (SSSR count). The molecular formula is C18H24FN3O2. The summed E-state index contributed by atoms with van der Waals surface area (Å²) in [4.78, 5) is 12.0. The molecule has 2 saturated heterocycles. The van der Waals surface area contributed by atoms with Gasteiger partial charge in [-0.15, -0.1) is 0 Å². The van der Waals surface area contributed by atoms with E-state index in [1.165, 1.54) is 18.6 Å². The number of carbonyl (C=O) groups is 1. The molecule has 1 aromatic rings. The van der Waals surface area contributed by atoms with E-state index in [4.69, 9.17) is 4.74 Å². The predicted molar refractivity (Wildman–Crippen MR) is 88.8 cm³/mol. The van der Waals surface area contributed by atoms with Crippen LogP contribution in [0.3, 0.4) is 0 Å². The Bertz CT molecular complexity index is 627. The topological polar surface area (TPSA) is 62.4 Å². The Balaban J connectivity index is 1.68. The number of hydrogen-bond acceptors (Lipinski definition) is 3. The van der Waals surface area contributed by atoms with Gasteiger partial charge < -0.3 is 20.7 Å². The van der Waals surface area contributed by atoms with E-state index in [2.05, 4.69) is 16.0 Å². The van der Waals surface area contributed by atoms with Gasteiger partial charge in [0.1, 0.15) is 11.6 Å². The third-order valence-electron chi connectivity index (χ3n) is 5.69. The van der Waals surface area contributed by atoms with Crippen LogP contribution in [-0.2, 0) is 0 Å². The molecule has 24 heavy (non-hydrogen) atoms. The number of amides is 2. The number of carbonyl (C=O) groups excluding carboxylic acids is 1. The standard InChI is InChI=1S/C18H24FN3O2/c19-12-4-5-14(16(10-12)24-13-2-1-3-13)15-11-21-17(23)22-18(15)6-8-20-9-7-18/h4-5,10,13,15,20H,1-3,6-9,11H2,(H2,21,22,23). The van der Waals surface area contributed by atoms with Gasteiger partial charge in [0.2, 0.25) is 0 Å². The molecule has 6 heteroatoms. The highest BCUT2D eigenvalue weighted by Crippen LogP contribution is 2.41. The quantitative estimate of drug-likeness (QED) is 0.795. The Morgan fingerprint density at radius 3 is 2.71 bits per heavy atom. The molecule has 1 saturated carbocycles. The largest absolute Gasteiger partial charge is 0.490 e. The summed E-state index contributed by atoms with van der Waals surface area (Å²) >= 11 is 0. The molecule has 2 amide bonds. The first-order chi connectivity index (χ1) is 11.7. The lowest BCUT2D eigenvalue weighted by Gasteiger charge is -2.48. The van der Waals surface area contributed by atoms with Crippen molar-refractivity contribution in [3.05, 3.63) is 29.6 Å². The van der Waals surface area contributed by atoms with Crippen LogP contribution in [0.2, 0.25) is 0 Å².